The molecule has 1 fully saturated rings. The van der Waals surface area contributed by atoms with Crippen LogP contribution in [0, 0.1) is 5.41 Å². The third-order valence-corrected chi connectivity index (χ3v) is 5.55. The molecule has 1 aromatic rings. The summed E-state index contributed by atoms with van der Waals surface area (Å²) in [5.41, 5.74) is 0.409. The highest BCUT2D eigenvalue weighted by Crippen LogP contribution is 2.33. The number of hydrogen-bond acceptors (Lipinski definition) is 4. The number of urea groups is 1. The van der Waals surface area contributed by atoms with E-state index < -0.39 is 11.4 Å². The summed E-state index contributed by atoms with van der Waals surface area (Å²) < 4.78 is 0. The number of likely N-dealkylation sites (tertiary alicyclic amines) is 1. The van der Waals surface area contributed by atoms with Crippen LogP contribution in [-0.2, 0) is 17.6 Å². The highest BCUT2D eigenvalue weighted by Gasteiger charge is 2.38. The number of fused-ring (bicyclic) bond motifs is 1. The van der Waals surface area contributed by atoms with Crippen molar-refractivity contribution in [1.29, 1.82) is 0 Å². The molecule has 2 N–H and O–H groups in total. The number of anilines is 1. The number of hydrogen-bond donors (Lipinski definition) is 2. The van der Waals surface area contributed by atoms with Crippen LogP contribution in [-0.4, -0.2) is 40.1 Å². The maximum absolute atomic E-state index is 12.2. The Morgan fingerprint density at radius 1 is 1.33 bits per heavy atom. The van der Waals surface area contributed by atoms with Crippen molar-refractivity contribution in [3.05, 3.63) is 10.6 Å². The lowest BCUT2D eigenvalue weighted by molar-refractivity contribution is -0.150. The number of amides is 2. The number of aromatic nitrogens is 1. The molecule has 3 rings (SSSR count). The molecule has 0 radical (unpaired) electrons. The molecule has 0 unspecified atom stereocenters. The van der Waals surface area contributed by atoms with Crippen molar-refractivity contribution in [2.75, 3.05) is 18.4 Å². The summed E-state index contributed by atoms with van der Waals surface area (Å²) in [6.07, 6.45) is 4.20. The fourth-order valence-electron chi connectivity index (χ4n) is 2.83. The first-order valence-corrected chi connectivity index (χ1v) is 8.07. The quantitative estimate of drug-likeness (QED) is 0.878. The molecule has 0 aromatic carbocycles. The largest absolute Gasteiger partial charge is 0.481 e. The van der Waals surface area contributed by atoms with Gasteiger partial charge in [-0.2, -0.15) is 0 Å². The van der Waals surface area contributed by atoms with Crippen molar-refractivity contribution in [1.82, 2.24) is 9.88 Å². The van der Waals surface area contributed by atoms with Gasteiger partial charge in [0.05, 0.1) is 11.1 Å². The number of carboxylic acids is 1. The average molecular weight is 309 g/mol. The summed E-state index contributed by atoms with van der Waals surface area (Å²) >= 11 is 1.56. The number of rotatable bonds is 2. The fraction of sp³-hybridized carbons (Fsp3) is 0.643. The third kappa shape index (κ3) is 2.74. The molecule has 1 aliphatic heterocycles. The van der Waals surface area contributed by atoms with Gasteiger partial charge in [-0.3, -0.25) is 10.1 Å². The first-order chi connectivity index (χ1) is 9.98. The minimum atomic E-state index is -0.779. The molecule has 2 heterocycles. The zero-order valence-corrected chi connectivity index (χ0v) is 12.8. The molecule has 2 aliphatic rings. The van der Waals surface area contributed by atoms with E-state index in [-0.39, 0.29) is 6.03 Å². The molecule has 0 atom stereocenters. The molecule has 1 aromatic heterocycles. The number of piperidine rings is 1. The van der Waals surface area contributed by atoms with Gasteiger partial charge in [0.15, 0.2) is 5.13 Å². The fourth-order valence-corrected chi connectivity index (χ4v) is 3.87. The molecule has 1 aliphatic carbocycles. The Morgan fingerprint density at radius 2 is 2.05 bits per heavy atom. The van der Waals surface area contributed by atoms with Crippen LogP contribution in [0.25, 0.3) is 0 Å². The number of aliphatic carboxylic acids is 1. The van der Waals surface area contributed by atoms with Gasteiger partial charge in [-0.1, -0.05) is 0 Å². The zero-order chi connectivity index (χ0) is 15.0. The van der Waals surface area contributed by atoms with E-state index in [9.17, 15) is 14.7 Å². The SMILES string of the molecule is CC1(C(=O)O)CCN(C(=O)Nc2nc3c(s2)CCC3)CC1. The predicted octanol–water partition coefficient (Wildman–Crippen LogP) is 2.35. The molecule has 7 heteroatoms. The van der Waals surface area contributed by atoms with E-state index in [0.29, 0.717) is 31.1 Å². The Hall–Kier alpha value is -1.63. The number of carboxylic acid groups (broad SMARTS) is 1. The maximum atomic E-state index is 12.2. The molecule has 0 bridgehead atoms. The molecule has 114 valence electrons. The summed E-state index contributed by atoms with van der Waals surface area (Å²) in [6.45, 7) is 2.69. The van der Waals surface area contributed by atoms with Crippen LogP contribution < -0.4 is 5.32 Å². The van der Waals surface area contributed by atoms with E-state index in [4.69, 9.17) is 0 Å². The summed E-state index contributed by atoms with van der Waals surface area (Å²) in [6, 6.07) is -0.171. The number of nitrogens with zero attached hydrogens (tertiary/aromatic N) is 2. The Balaban J connectivity index is 1.58. The van der Waals surface area contributed by atoms with Gasteiger partial charge in [-0.25, -0.2) is 9.78 Å². The van der Waals surface area contributed by atoms with Crippen LogP contribution in [0.2, 0.25) is 0 Å². The van der Waals surface area contributed by atoms with Crippen molar-refractivity contribution >= 4 is 28.5 Å². The van der Waals surface area contributed by atoms with Crippen LogP contribution >= 0.6 is 11.3 Å². The lowest BCUT2D eigenvalue weighted by atomic mass is 9.80. The lowest BCUT2D eigenvalue weighted by Gasteiger charge is -2.36. The Morgan fingerprint density at radius 3 is 2.67 bits per heavy atom. The van der Waals surface area contributed by atoms with E-state index >= 15 is 0 Å². The van der Waals surface area contributed by atoms with E-state index in [2.05, 4.69) is 10.3 Å². The molecule has 1 saturated heterocycles. The van der Waals surface area contributed by atoms with E-state index in [1.807, 2.05) is 0 Å². The average Bonchev–Trinajstić information content (AvgIpc) is 3.00. The predicted molar refractivity (Wildman–Crippen MR) is 79.7 cm³/mol. The molecule has 21 heavy (non-hydrogen) atoms. The van der Waals surface area contributed by atoms with Gasteiger partial charge >= 0.3 is 12.0 Å². The van der Waals surface area contributed by atoms with Crippen molar-refractivity contribution < 1.29 is 14.7 Å². The summed E-state index contributed by atoms with van der Waals surface area (Å²) in [7, 11) is 0. The van der Waals surface area contributed by atoms with Gasteiger partial charge in [-0.15, -0.1) is 11.3 Å². The van der Waals surface area contributed by atoms with Gasteiger partial charge < -0.3 is 10.0 Å². The standard InChI is InChI=1S/C14H19N3O3S/c1-14(11(18)19)5-7-17(8-6-14)13(20)16-12-15-9-3-2-4-10(9)21-12/h2-8H2,1H3,(H,18,19)(H,15,16,20). The second kappa shape index (κ2) is 5.29. The lowest BCUT2D eigenvalue weighted by Crippen LogP contribution is -2.46. The van der Waals surface area contributed by atoms with Crippen molar-refractivity contribution in [2.24, 2.45) is 5.41 Å². The molecular weight excluding hydrogens is 290 g/mol. The summed E-state index contributed by atoms with van der Waals surface area (Å²) in [5, 5.41) is 12.7. The number of aryl methyl sites for hydroxylation is 2. The van der Waals surface area contributed by atoms with Gasteiger partial charge in [0.2, 0.25) is 0 Å². The van der Waals surface area contributed by atoms with Crippen molar-refractivity contribution in [2.45, 2.75) is 39.0 Å². The van der Waals surface area contributed by atoms with Gasteiger partial charge in [0.25, 0.3) is 0 Å². The number of thiazole rings is 1. The Kier molecular flexibility index (Phi) is 3.61. The van der Waals surface area contributed by atoms with E-state index in [0.717, 1.165) is 25.0 Å². The Labute approximate surface area is 127 Å². The van der Waals surface area contributed by atoms with Gasteiger partial charge in [0, 0.05) is 18.0 Å². The smallest absolute Gasteiger partial charge is 0.323 e. The number of nitrogens with one attached hydrogen (secondary N) is 1. The highest BCUT2D eigenvalue weighted by atomic mass is 32.1. The minimum absolute atomic E-state index is 0.171. The molecule has 2 amide bonds. The van der Waals surface area contributed by atoms with E-state index in [1.165, 1.54) is 4.88 Å². The van der Waals surface area contributed by atoms with Crippen LogP contribution in [0.3, 0.4) is 0 Å². The van der Waals surface area contributed by atoms with Crippen molar-refractivity contribution in [3.8, 4) is 0 Å². The first kappa shape index (κ1) is 14.3. The second-order valence-electron chi connectivity index (χ2n) is 6.03. The molecule has 0 saturated carbocycles. The van der Waals surface area contributed by atoms with Crippen LogP contribution in [0.4, 0.5) is 9.93 Å². The monoisotopic (exact) mass is 309 g/mol. The van der Waals surface area contributed by atoms with Crippen LogP contribution in [0.1, 0.15) is 36.8 Å². The first-order valence-electron chi connectivity index (χ1n) is 7.26. The normalized spacial score (nSPS) is 20.1. The Bertz CT molecular complexity index is 555. The number of carbonyl (C=O) groups excluding carboxylic acids is 1. The second-order valence-corrected chi connectivity index (χ2v) is 7.11. The summed E-state index contributed by atoms with van der Waals surface area (Å²) in [5.74, 6) is -0.779. The van der Waals surface area contributed by atoms with Crippen molar-refractivity contribution in [3.63, 3.8) is 0 Å². The summed E-state index contributed by atoms with van der Waals surface area (Å²) in [4.78, 5) is 30.8. The molecule has 6 nitrogen and oxygen atoms in total. The van der Waals surface area contributed by atoms with Crippen LogP contribution in [0.15, 0.2) is 0 Å². The number of carbonyl (C=O) groups is 2. The highest BCUT2D eigenvalue weighted by molar-refractivity contribution is 7.15. The van der Waals surface area contributed by atoms with Gasteiger partial charge in [0.1, 0.15) is 0 Å². The van der Waals surface area contributed by atoms with Gasteiger partial charge in [-0.05, 0) is 39.0 Å². The zero-order valence-electron chi connectivity index (χ0n) is 12.0. The molecular formula is C14H19N3O3S. The third-order valence-electron chi connectivity index (χ3n) is 4.48. The topological polar surface area (TPSA) is 82.5 Å². The minimum Gasteiger partial charge on any atom is -0.481 e. The van der Waals surface area contributed by atoms with Crippen LogP contribution in [0.5, 0.6) is 0 Å². The van der Waals surface area contributed by atoms with E-state index in [1.54, 1.807) is 23.2 Å². The molecule has 0 spiro atoms. The maximum Gasteiger partial charge on any atom is 0.323 e.